The predicted octanol–water partition coefficient (Wildman–Crippen LogP) is 3.15. The van der Waals surface area contributed by atoms with Gasteiger partial charge in [-0.25, -0.2) is 0 Å². The summed E-state index contributed by atoms with van der Waals surface area (Å²) in [5, 5.41) is 5.20. The zero-order valence-corrected chi connectivity index (χ0v) is 14.0. The molecule has 2 saturated heterocycles. The van der Waals surface area contributed by atoms with E-state index in [0.29, 0.717) is 23.4 Å². The molecule has 3 heterocycles. The second kappa shape index (κ2) is 5.84. The Kier molecular flexibility index (Phi) is 3.82. The average Bonchev–Trinajstić information content (AvgIpc) is 3.13. The van der Waals surface area contributed by atoms with Crippen LogP contribution in [0.4, 0.5) is 0 Å². The second-order valence-electron chi connectivity index (χ2n) is 6.80. The van der Waals surface area contributed by atoms with Crippen molar-refractivity contribution < 1.29 is 9.21 Å². The van der Waals surface area contributed by atoms with Crippen LogP contribution in [0.2, 0.25) is 5.02 Å². The summed E-state index contributed by atoms with van der Waals surface area (Å²) in [6.45, 7) is 4.74. The molecule has 1 aromatic heterocycles. The zero-order valence-electron chi connectivity index (χ0n) is 13.3. The minimum absolute atomic E-state index is 0.181. The van der Waals surface area contributed by atoms with Crippen molar-refractivity contribution in [1.82, 2.24) is 10.2 Å². The third-order valence-electron chi connectivity index (χ3n) is 5.23. The number of carbonyl (C=O) groups is 1. The van der Waals surface area contributed by atoms with Gasteiger partial charge in [-0.1, -0.05) is 11.6 Å². The fourth-order valence-corrected chi connectivity index (χ4v) is 4.03. The highest BCUT2D eigenvalue weighted by Gasteiger charge is 2.36. The van der Waals surface area contributed by atoms with Crippen molar-refractivity contribution in [3.63, 3.8) is 0 Å². The summed E-state index contributed by atoms with van der Waals surface area (Å²) < 4.78 is 5.60. The van der Waals surface area contributed by atoms with Gasteiger partial charge in [0.2, 0.25) is 5.91 Å². The van der Waals surface area contributed by atoms with Gasteiger partial charge in [0.15, 0.2) is 0 Å². The molecule has 5 heteroatoms. The van der Waals surface area contributed by atoms with Crippen molar-refractivity contribution in [2.75, 3.05) is 19.6 Å². The highest BCUT2D eigenvalue weighted by molar-refractivity contribution is 6.32. The van der Waals surface area contributed by atoms with Crippen LogP contribution in [0.5, 0.6) is 0 Å². The number of hydrogen-bond acceptors (Lipinski definition) is 3. The lowest BCUT2D eigenvalue weighted by Crippen LogP contribution is -2.41. The average molecular weight is 333 g/mol. The molecule has 0 unspecified atom stereocenters. The summed E-state index contributed by atoms with van der Waals surface area (Å²) in [6, 6.07) is 4.31. The van der Waals surface area contributed by atoms with E-state index < -0.39 is 0 Å². The number of piperidine rings is 1. The highest BCUT2D eigenvalue weighted by atomic mass is 35.5. The van der Waals surface area contributed by atoms with Gasteiger partial charge in [0.1, 0.15) is 5.58 Å². The molecule has 0 spiro atoms. The third kappa shape index (κ3) is 2.74. The molecule has 2 aliphatic heterocycles. The molecule has 0 saturated carbocycles. The van der Waals surface area contributed by atoms with Gasteiger partial charge in [-0.15, -0.1) is 0 Å². The van der Waals surface area contributed by atoms with Crippen molar-refractivity contribution in [3.05, 3.63) is 34.5 Å². The van der Waals surface area contributed by atoms with Crippen molar-refractivity contribution in [2.45, 2.75) is 32.2 Å². The van der Waals surface area contributed by atoms with Crippen LogP contribution in [0.25, 0.3) is 11.0 Å². The fourth-order valence-electron chi connectivity index (χ4n) is 3.86. The highest BCUT2D eigenvalue weighted by Crippen LogP contribution is 2.29. The topological polar surface area (TPSA) is 45.5 Å². The lowest BCUT2D eigenvalue weighted by molar-refractivity contribution is -0.129. The first kappa shape index (κ1) is 15.0. The molecule has 2 aromatic rings. The van der Waals surface area contributed by atoms with E-state index in [9.17, 15) is 4.79 Å². The number of rotatable bonds is 2. The van der Waals surface area contributed by atoms with Crippen LogP contribution in [-0.4, -0.2) is 36.5 Å². The van der Waals surface area contributed by atoms with Crippen LogP contribution >= 0.6 is 11.6 Å². The Morgan fingerprint density at radius 1 is 1.43 bits per heavy atom. The second-order valence-corrected chi connectivity index (χ2v) is 7.20. The maximum Gasteiger partial charge on any atom is 0.227 e. The standard InChI is InChI=1S/C18H21ClN2O2/c1-11-5-17-14(7-15(11)19)13(10-23-17)6-18(22)21-8-12-3-2-4-20-16(12)9-21/h5,7,10,12,16,20H,2-4,6,8-9H2,1H3/t12-,16+/m1/s1. The van der Waals surface area contributed by atoms with E-state index in [-0.39, 0.29) is 5.91 Å². The zero-order chi connectivity index (χ0) is 16.0. The number of likely N-dealkylation sites (tertiary alicyclic amines) is 1. The van der Waals surface area contributed by atoms with Crippen LogP contribution in [-0.2, 0) is 11.2 Å². The van der Waals surface area contributed by atoms with E-state index in [1.807, 2.05) is 24.0 Å². The molecule has 1 aromatic carbocycles. The van der Waals surface area contributed by atoms with Crippen LogP contribution in [0, 0.1) is 12.8 Å². The molecule has 4 rings (SSSR count). The van der Waals surface area contributed by atoms with Crippen LogP contribution in [0.15, 0.2) is 22.8 Å². The molecular weight excluding hydrogens is 312 g/mol. The van der Waals surface area contributed by atoms with E-state index in [1.165, 1.54) is 12.8 Å². The molecule has 1 N–H and O–H groups in total. The van der Waals surface area contributed by atoms with E-state index in [1.54, 1.807) is 6.26 Å². The Labute approximate surface area is 140 Å². The van der Waals surface area contributed by atoms with Gasteiger partial charge in [0, 0.05) is 35.1 Å². The largest absolute Gasteiger partial charge is 0.464 e. The third-order valence-corrected chi connectivity index (χ3v) is 5.64. The summed E-state index contributed by atoms with van der Waals surface area (Å²) >= 11 is 6.22. The van der Waals surface area contributed by atoms with Gasteiger partial charge in [0.05, 0.1) is 12.7 Å². The number of nitrogens with zero attached hydrogens (tertiary/aromatic N) is 1. The number of nitrogens with one attached hydrogen (secondary N) is 1. The van der Waals surface area contributed by atoms with Gasteiger partial charge >= 0.3 is 0 Å². The molecule has 0 bridgehead atoms. The number of furan rings is 1. The van der Waals surface area contributed by atoms with Crippen molar-refractivity contribution >= 4 is 28.5 Å². The van der Waals surface area contributed by atoms with Crippen LogP contribution in [0.3, 0.4) is 0 Å². The minimum atomic E-state index is 0.181. The molecule has 2 fully saturated rings. The number of hydrogen-bond donors (Lipinski definition) is 1. The summed E-state index contributed by atoms with van der Waals surface area (Å²) in [5.41, 5.74) is 2.71. The number of fused-ring (bicyclic) bond motifs is 2. The van der Waals surface area contributed by atoms with E-state index in [4.69, 9.17) is 16.0 Å². The molecule has 2 aliphatic rings. The number of amides is 1. The maximum atomic E-state index is 12.7. The molecule has 23 heavy (non-hydrogen) atoms. The summed E-state index contributed by atoms with van der Waals surface area (Å²) in [6.07, 6.45) is 4.52. The number of aryl methyl sites for hydroxylation is 1. The van der Waals surface area contributed by atoms with Crippen molar-refractivity contribution in [3.8, 4) is 0 Å². The Hall–Kier alpha value is -1.52. The molecule has 0 radical (unpaired) electrons. The van der Waals surface area contributed by atoms with Crippen LogP contribution in [0.1, 0.15) is 24.0 Å². The lowest BCUT2D eigenvalue weighted by atomic mass is 9.94. The molecule has 122 valence electrons. The first-order valence-corrected chi connectivity index (χ1v) is 8.67. The molecule has 1 amide bonds. The van der Waals surface area contributed by atoms with Crippen molar-refractivity contribution in [2.24, 2.45) is 5.92 Å². The normalized spacial score (nSPS) is 24.2. The smallest absolute Gasteiger partial charge is 0.227 e. The molecule has 2 atom stereocenters. The first-order valence-electron chi connectivity index (χ1n) is 8.29. The van der Waals surface area contributed by atoms with Crippen LogP contribution < -0.4 is 5.32 Å². The monoisotopic (exact) mass is 332 g/mol. The number of benzene rings is 1. The summed E-state index contributed by atoms with van der Waals surface area (Å²) in [4.78, 5) is 14.7. The Morgan fingerprint density at radius 3 is 3.13 bits per heavy atom. The van der Waals surface area contributed by atoms with Gasteiger partial charge < -0.3 is 14.6 Å². The Bertz CT molecular complexity index is 741. The maximum absolute atomic E-state index is 12.7. The Morgan fingerprint density at radius 2 is 2.30 bits per heavy atom. The molecular formula is C18H21ClN2O2. The molecule has 4 nitrogen and oxygen atoms in total. The van der Waals surface area contributed by atoms with Gasteiger partial charge in [-0.05, 0) is 49.9 Å². The van der Waals surface area contributed by atoms with Gasteiger partial charge in [0.25, 0.3) is 0 Å². The van der Waals surface area contributed by atoms with Crippen molar-refractivity contribution in [1.29, 1.82) is 0 Å². The number of halogens is 1. The predicted molar refractivity (Wildman–Crippen MR) is 90.8 cm³/mol. The Balaban J connectivity index is 1.52. The van der Waals surface area contributed by atoms with Gasteiger partial charge in [-0.2, -0.15) is 0 Å². The van der Waals surface area contributed by atoms with E-state index in [0.717, 1.165) is 41.7 Å². The summed E-state index contributed by atoms with van der Waals surface area (Å²) in [7, 11) is 0. The summed E-state index contributed by atoms with van der Waals surface area (Å²) in [5.74, 6) is 0.798. The number of carbonyl (C=O) groups excluding carboxylic acids is 1. The quantitative estimate of drug-likeness (QED) is 0.919. The van der Waals surface area contributed by atoms with Gasteiger partial charge in [-0.3, -0.25) is 4.79 Å². The molecule has 0 aliphatic carbocycles. The SMILES string of the molecule is Cc1cc2occ(CC(=O)N3C[C@H]4CCCN[C@H]4C3)c2cc1Cl. The van der Waals surface area contributed by atoms with E-state index >= 15 is 0 Å². The fraction of sp³-hybridized carbons (Fsp3) is 0.500. The minimum Gasteiger partial charge on any atom is -0.464 e. The lowest BCUT2D eigenvalue weighted by Gasteiger charge is -2.24. The first-order chi connectivity index (χ1) is 11.1. The van der Waals surface area contributed by atoms with E-state index in [2.05, 4.69) is 5.32 Å².